The van der Waals surface area contributed by atoms with Gasteiger partial charge >= 0.3 is 0 Å². The van der Waals surface area contributed by atoms with Gasteiger partial charge in [-0.2, -0.15) is 0 Å². The van der Waals surface area contributed by atoms with Gasteiger partial charge in [-0.15, -0.1) is 0 Å². The van der Waals surface area contributed by atoms with E-state index in [2.05, 4.69) is 5.32 Å². The Balaban J connectivity index is 1.08. The van der Waals surface area contributed by atoms with Crippen LogP contribution in [0.5, 0.6) is 0 Å². The smallest absolute Gasteiger partial charge is 0.256 e. The number of ether oxygens (including phenoxy) is 2. The lowest BCUT2D eigenvalue weighted by atomic mass is 10.0. The van der Waals surface area contributed by atoms with Crippen LogP contribution in [0.3, 0.4) is 0 Å². The first-order valence-electron chi connectivity index (χ1n) is 16.3. The molecule has 1 saturated heterocycles. The van der Waals surface area contributed by atoms with Crippen LogP contribution in [0.4, 0.5) is 0 Å². The number of aromatic nitrogens is 1. The van der Waals surface area contributed by atoms with Gasteiger partial charge in [0.25, 0.3) is 11.1 Å². The highest BCUT2D eigenvalue weighted by molar-refractivity contribution is 7.99. The third kappa shape index (κ3) is 8.01. The highest BCUT2D eigenvalue weighted by atomic mass is 32.2. The third-order valence-electron chi connectivity index (χ3n) is 8.44. The molecule has 0 spiro atoms. The van der Waals surface area contributed by atoms with Crippen molar-refractivity contribution >= 4 is 17.7 Å². The number of thioether (sulfide) groups is 1. The zero-order chi connectivity index (χ0) is 33.4. The van der Waals surface area contributed by atoms with Crippen molar-refractivity contribution in [2.75, 3.05) is 5.75 Å². The molecule has 7 rings (SSSR count). The van der Waals surface area contributed by atoms with Gasteiger partial charge in [0.15, 0.2) is 12.1 Å². The fourth-order valence-electron chi connectivity index (χ4n) is 5.79. The minimum atomic E-state index is -0.598. The number of carbonyl (C=O) groups excluding carboxylic acids is 1. The maximum absolute atomic E-state index is 12.5. The molecule has 0 bridgehead atoms. The van der Waals surface area contributed by atoms with E-state index in [9.17, 15) is 9.90 Å². The number of aliphatic hydroxyl groups excluding tert-OH is 1. The summed E-state index contributed by atoms with van der Waals surface area (Å²) in [7, 11) is 0. The average molecular weight is 669 g/mol. The van der Waals surface area contributed by atoms with E-state index in [1.807, 2.05) is 127 Å². The highest BCUT2D eigenvalue weighted by Crippen LogP contribution is 2.41. The second-order valence-electron chi connectivity index (χ2n) is 11.8. The minimum Gasteiger partial charge on any atom is -0.431 e. The van der Waals surface area contributed by atoms with Crippen LogP contribution in [0.1, 0.15) is 51.4 Å². The number of amides is 1. The van der Waals surface area contributed by atoms with E-state index < -0.39 is 6.29 Å². The van der Waals surface area contributed by atoms with Crippen molar-refractivity contribution in [2.24, 2.45) is 0 Å². The molecule has 7 nitrogen and oxygen atoms in total. The van der Waals surface area contributed by atoms with Crippen molar-refractivity contribution in [3.63, 3.8) is 0 Å². The number of nitrogens with one attached hydrogen (secondary N) is 1. The fraction of sp³-hybridized carbons (Fsp3) is 0.171. The van der Waals surface area contributed by atoms with E-state index >= 15 is 0 Å². The Morgan fingerprint density at radius 1 is 0.735 bits per heavy atom. The number of nitrogens with zero attached hydrogens (tertiary/aromatic N) is 1. The predicted octanol–water partition coefficient (Wildman–Crippen LogP) is 8.77. The summed E-state index contributed by atoms with van der Waals surface area (Å²) in [5, 5.41) is 13.1. The van der Waals surface area contributed by atoms with Gasteiger partial charge < -0.3 is 24.3 Å². The first-order chi connectivity index (χ1) is 24.1. The number of hydrogen-bond donors (Lipinski definition) is 2. The zero-order valence-electron chi connectivity index (χ0n) is 26.8. The summed E-state index contributed by atoms with van der Waals surface area (Å²) < 4.78 is 19.5. The number of rotatable bonds is 11. The Kier molecular flexibility index (Phi) is 10.3. The summed E-state index contributed by atoms with van der Waals surface area (Å²) >= 11 is 1.53. The van der Waals surface area contributed by atoms with Crippen LogP contribution in [-0.4, -0.2) is 27.9 Å². The molecule has 1 aliphatic heterocycles. The van der Waals surface area contributed by atoms with E-state index in [0.29, 0.717) is 29.5 Å². The number of aliphatic hydroxyl groups is 1. The van der Waals surface area contributed by atoms with E-state index in [4.69, 9.17) is 18.9 Å². The maximum atomic E-state index is 12.5. The van der Waals surface area contributed by atoms with Crippen molar-refractivity contribution in [1.82, 2.24) is 10.3 Å². The highest BCUT2D eigenvalue weighted by Gasteiger charge is 2.33. The Morgan fingerprint density at radius 2 is 1.35 bits per heavy atom. The largest absolute Gasteiger partial charge is 0.431 e. The van der Waals surface area contributed by atoms with Crippen LogP contribution in [-0.2, 0) is 22.6 Å². The molecule has 5 aromatic carbocycles. The van der Waals surface area contributed by atoms with Gasteiger partial charge in [-0.25, -0.2) is 4.98 Å². The molecule has 1 amide bonds. The zero-order valence-corrected chi connectivity index (χ0v) is 27.6. The minimum absolute atomic E-state index is 0.0129. The maximum Gasteiger partial charge on any atom is 0.256 e. The Morgan fingerprint density at radius 3 is 2.02 bits per heavy atom. The molecule has 1 aliphatic rings. The van der Waals surface area contributed by atoms with Gasteiger partial charge in [-0.1, -0.05) is 139 Å². The van der Waals surface area contributed by atoms with Crippen LogP contribution >= 0.6 is 11.8 Å². The van der Waals surface area contributed by atoms with E-state index in [1.54, 1.807) is 12.1 Å². The van der Waals surface area contributed by atoms with Gasteiger partial charge in [0, 0.05) is 41.0 Å². The molecule has 2 N–H and O–H groups in total. The molecule has 2 heterocycles. The molecule has 0 saturated carbocycles. The van der Waals surface area contributed by atoms with Crippen molar-refractivity contribution in [2.45, 2.75) is 43.3 Å². The summed E-state index contributed by atoms with van der Waals surface area (Å²) in [5.41, 5.74) is 7.13. The molecule has 1 fully saturated rings. The fourth-order valence-corrected chi connectivity index (χ4v) is 6.63. The summed E-state index contributed by atoms with van der Waals surface area (Å²) in [6.45, 7) is 0.395. The van der Waals surface area contributed by atoms with Crippen LogP contribution in [0, 0.1) is 0 Å². The normalized spacial score (nSPS) is 17.4. The number of benzene rings is 5. The van der Waals surface area contributed by atoms with E-state index in [1.165, 1.54) is 11.8 Å². The molecule has 3 atom stereocenters. The molecular formula is C41H36N2O5S. The first kappa shape index (κ1) is 32.6. The quantitative estimate of drug-likeness (QED) is 0.133. The molecular weight excluding hydrogens is 633 g/mol. The molecule has 0 unspecified atom stereocenters. The summed E-state index contributed by atoms with van der Waals surface area (Å²) in [6.07, 6.45) is -0.336. The van der Waals surface area contributed by atoms with Crippen LogP contribution in [0.2, 0.25) is 0 Å². The lowest BCUT2D eigenvalue weighted by Crippen LogP contribution is -2.31. The Bertz CT molecular complexity index is 1890. The molecule has 1 aromatic heterocycles. The molecule has 246 valence electrons. The number of hydrogen-bond acceptors (Lipinski definition) is 7. The van der Waals surface area contributed by atoms with Crippen molar-refractivity contribution in [3.05, 3.63) is 167 Å². The van der Waals surface area contributed by atoms with Crippen LogP contribution < -0.4 is 5.32 Å². The van der Waals surface area contributed by atoms with Crippen LogP contribution in [0.25, 0.3) is 22.6 Å². The van der Waals surface area contributed by atoms with Crippen molar-refractivity contribution in [1.29, 1.82) is 0 Å². The number of oxazole rings is 1. The Labute approximate surface area is 290 Å². The number of carbonyl (C=O) groups is 1. The van der Waals surface area contributed by atoms with E-state index in [-0.39, 0.29) is 24.7 Å². The summed E-state index contributed by atoms with van der Waals surface area (Å²) in [6, 6.07) is 45.1. The standard InChI is InChI=1S/C41H36N2O5S/c44-26-29-18-20-30(21-19-29)36-24-35(27-49-41-43-37(31-10-4-1-5-11-31)38(48-41)32-12-6-2-7-13-32)46-40(47-36)34-22-16-28(17-23-34)25-42-39(45)33-14-8-3-9-15-33/h1-23,35-36,40,44H,24-27H2,(H,42,45)/t35-,36+,40+/m1/s1. The third-order valence-corrected chi connectivity index (χ3v) is 9.40. The molecule has 8 heteroatoms. The Hall–Kier alpha value is -4.99. The lowest BCUT2D eigenvalue weighted by molar-refractivity contribution is -0.245. The van der Waals surface area contributed by atoms with Crippen LogP contribution in [0.15, 0.2) is 149 Å². The topological polar surface area (TPSA) is 93.8 Å². The monoisotopic (exact) mass is 668 g/mol. The molecule has 49 heavy (non-hydrogen) atoms. The van der Waals surface area contributed by atoms with Crippen molar-refractivity contribution < 1.29 is 23.8 Å². The SMILES string of the molecule is O=C(NCc1ccc([C@H]2O[C@@H](CSc3nc(-c4ccccc4)c(-c4ccccc4)o3)C[C@@H](c3ccc(CO)cc3)O2)cc1)c1ccccc1. The summed E-state index contributed by atoms with van der Waals surface area (Å²) in [5.74, 6) is 1.23. The van der Waals surface area contributed by atoms with Gasteiger partial charge in [0.1, 0.15) is 5.69 Å². The molecule has 0 radical (unpaired) electrons. The van der Waals surface area contributed by atoms with E-state index in [0.717, 1.165) is 44.8 Å². The van der Waals surface area contributed by atoms with Gasteiger partial charge in [-0.3, -0.25) is 4.79 Å². The first-order valence-corrected chi connectivity index (χ1v) is 17.3. The van der Waals surface area contributed by atoms with Gasteiger partial charge in [0.2, 0.25) is 0 Å². The second kappa shape index (κ2) is 15.5. The van der Waals surface area contributed by atoms with Gasteiger partial charge in [0.05, 0.1) is 18.8 Å². The predicted molar refractivity (Wildman–Crippen MR) is 191 cm³/mol. The molecule has 6 aromatic rings. The lowest BCUT2D eigenvalue weighted by Gasteiger charge is -2.36. The summed E-state index contributed by atoms with van der Waals surface area (Å²) in [4.78, 5) is 17.5. The van der Waals surface area contributed by atoms with Gasteiger partial charge in [-0.05, 0) is 28.8 Å². The molecule has 0 aliphatic carbocycles. The van der Waals surface area contributed by atoms with Crippen molar-refractivity contribution in [3.8, 4) is 22.6 Å². The second-order valence-corrected chi connectivity index (χ2v) is 12.8. The average Bonchev–Trinajstić information content (AvgIpc) is 3.62.